The molecule has 6 heteroatoms. The van der Waals surface area contributed by atoms with Crippen LogP contribution in [0.2, 0.25) is 0 Å². The Morgan fingerprint density at radius 3 is 2.46 bits per heavy atom. The zero-order valence-corrected chi connectivity index (χ0v) is 14.0. The van der Waals surface area contributed by atoms with E-state index in [2.05, 4.69) is 0 Å². The minimum Gasteiger partial charge on any atom is -0.481 e. The molecule has 3 atom stereocenters. The first-order chi connectivity index (χ1) is 11.3. The van der Waals surface area contributed by atoms with E-state index in [0.29, 0.717) is 19.4 Å². The van der Waals surface area contributed by atoms with Gasteiger partial charge in [-0.15, -0.1) is 0 Å². The molecule has 0 saturated carbocycles. The van der Waals surface area contributed by atoms with Gasteiger partial charge in [0.2, 0.25) is 0 Å². The van der Waals surface area contributed by atoms with E-state index in [1.165, 1.54) is 0 Å². The van der Waals surface area contributed by atoms with Crippen molar-refractivity contribution < 1.29 is 29.3 Å². The lowest BCUT2D eigenvalue weighted by atomic mass is 9.81. The fraction of sp³-hybridized carbons (Fsp3) is 0.556. The molecule has 1 aliphatic rings. The predicted molar refractivity (Wildman–Crippen MR) is 86.6 cm³/mol. The van der Waals surface area contributed by atoms with Crippen LogP contribution in [0.3, 0.4) is 0 Å². The molecule has 1 aromatic carbocycles. The van der Waals surface area contributed by atoms with Gasteiger partial charge in [0, 0.05) is 12.8 Å². The van der Waals surface area contributed by atoms with Crippen molar-refractivity contribution in [3.05, 3.63) is 35.9 Å². The van der Waals surface area contributed by atoms with Crippen LogP contribution in [-0.2, 0) is 25.7 Å². The van der Waals surface area contributed by atoms with Crippen molar-refractivity contribution in [2.24, 2.45) is 5.41 Å². The number of carbonyl (C=O) groups is 2. The van der Waals surface area contributed by atoms with Gasteiger partial charge in [-0.25, -0.2) is 0 Å². The molecule has 0 unspecified atom stereocenters. The number of benzene rings is 1. The Labute approximate surface area is 141 Å². The van der Waals surface area contributed by atoms with Gasteiger partial charge in [0.15, 0.2) is 0 Å². The highest BCUT2D eigenvalue weighted by Gasteiger charge is 2.44. The van der Waals surface area contributed by atoms with Crippen LogP contribution in [0.15, 0.2) is 30.3 Å². The maximum Gasteiger partial charge on any atom is 0.311 e. The van der Waals surface area contributed by atoms with Crippen LogP contribution in [-0.4, -0.2) is 40.5 Å². The first-order valence-electron chi connectivity index (χ1n) is 8.05. The summed E-state index contributed by atoms with van der Waals surface area (Å²) < 4.78 is 11.7. The molecule has 0 radical (unpaired) electrons. The second-order valence-corrected chi connectivity index (χ2v) is 6.76. The summed E-state index contributed by atoms with van der Waals surface area (Å²) >= 11 is 0. The molecule has 2 N–H and O–H groups in total. The summed E-state index contributed by atoms with van der Waals surface area (Å²) in [5, 5.41) is 18.4. The molecule has 1 saturated heterocycles. The number of carboxylic acids is 2. The van der Waals surface area contributed by atoms with Crippen molar-refractivity contribution >= 4 is 11.9 Å². The van der Waals surface area contributed by atoms with E-state index in [-0.39, 0.29) is 12.5 Å². The third kappa shape index (κ3) is 4.79. The molecular weight excluding hydrogens is 312 g/mol. The highest BCUT2D eigenvalue weighted by atomic mass is 16.5. The van der Waals surface area contributed by atoms with E-state index >= 15 is 0 Å². The van der Waals surface area contributed by atoms with E-state index in [4.69, 9.17) is 14.6 Å². The molecule has 24 heavy (non-hydrogen) atoms. The largest absolute Gasteiger partial charge is 0.481 e. The normalized spacial score (nSPS) is 24.5. The Balaban J connectivity index is 2.05. The van der Waals surface area contributed by atoms with E-state index in [1.54, 1.807) is 13.8 Å². The quantitative estimate of drug-likeness (QED) is 0.795. The van der Waals surface area contributed by atoms with Gasteiger partial charge in [-0.2, -0.15) is 0 Å². The monoisotopic (exact) mass is 336 g/mol. The fourth-order valence-corrected chi connectivity index (χ4v) is 2.82. The minimum atomic E-state index is -1.11. The molecule has 1 aromatic rings. The summed E-state index contributed by atoms with van der Waals surface area (Å²) in [6.45, 7) is 3.60. The third-order valence-corrected chi connectivity index (χ3v) is 4.45. The zero-order valence-electron chi connectivity index (χ0n) is 14.0. The Morgan fingerprint density at radius 1 is 1.21 bits per heavy atom. The second kappa shape index (κ2) is 7.77. The van der Waals surface area contributed by atoms with Gasteiger partial charge in [-0.3, -0.25) is 9.59 Å². The third-order valence-electron chi connectivity index (χ3n) is 4.45. The van der Waals surface area contributed by atoms with E-state index in [0.717, 1.165) is 5.56 Å². The second-order valence-electron chi connectivity index (χ2n) is 6.76. The lowest BCUT2D eigenvalue weighted by molar-refractivity contribution is -0.181. The summed E-state index contributed by atoms with van der Waals surface area (Å²) in [5.74, 6) is -1.93. The van der Waals surface area contributed by atoms with Crippen LogP contribution >= 0.6 is 0 Å². The number of hydrogen-bond acceptors (Lipinski definition) is 4. The summed E-state index contributed by atoms with van der Waals surface area (Å²) in [4.78, 5) is 22.5. The molecule has 1 aliphatic heterocycles. The Morgan fingerprint density at radius 2 is 1.88 bits per heavy atom. The smallest absolute Gasteiger partial charge is 0.311 e. The summed E-state index contributed by atoms with van der Waals surface area (Å²) in [6, 6.07) is 9.67. The highest BCUT2D eigenvalue weighted by Crippen LogP contribution is 2.35. The van der Waals surface area contributed by atoms with Crippen molar-refractivity contribution in [2.75, 3.05) is 0 Å². The van der Waals surface area contributed by atoms with Crippen LogP contribution in [0.5, 0.6) is 0 Å². The van der Waals surface area contributed by atoms with Gasteiger partial charge in [-0.05, 0) is 19.4 Å². The van der Waals surface area contributed by atoms with Crippen molar-refractivity contribution in [1.82, 2.24) is 0 Å². The molecule has 0 spiro atoms. The van der Waals surface area contributed by atoms with Crippen molar-refractivity contribution in [1.29, 1.82) is 0 Å². The van der Waals surface area contributed by atoms with Crippen LogP contribution in [0.25, 0.3) is 0 Å². The molecule has 132 valence electrons. The maximum absolute atomic E-state index is 11.5. The molecule has 2 rings (SSSR count). The van der Waals surface area contributed by atoms with Crippen LogP contribution in [0, 0.1) is 5.41 Å². The predicted octanol–water partition coefficient (Wildman–Crippen LogP) is 2.70. The number of ether oxygens (including phenoxy) is 2. The first kappa shape index (κ1) is 18.4. The molecule has 0 amide bonds. The van der Waals surface area contributed by atoms with Crippen molar-refractivity contribution in [3.8, 4) is 0 Å². The summed E-state index contributed by atoms with van der Waals surface area (Å²) in [5.41, 5.74) is -0.0845. The first-order valence-corrected chi connectivity index (χ1v) is 8.05. The van der Waals surface area contributed by atoms with Crippen molar-refractivity contribution in [2.45, 2.75) is 58.0 Å². The fourth-order valence-electron chi connectivity index (χ4n) is 2.82. The number of hydrogen-bond donors (Lipinski definition) is 2. The van der Waals surface area contributed by atoms with E-state index in [9.17, 15) is 14.7 Å². The van der Waals surface area contributed by atoms with Gasteiger partial charge < -0.3 is 19.7 Å². The van der Waals surface area contributed by atoms with Crippen LogP contribution < -0.4 is 0 Å². The van der Waals surface area contributed by atoms with E-state index in [1.807, 2.05) is 30.3 Å². The van der Waals surface area contributed by atoms with Crippen LogP contribution in [0.4, 0.5) is 0 Å². The molecule has 6 nitrogen and oxygen atoms in total. The molecule has 1 heterocycles. The van der Waals surface area contributed by atoms with Gasteiger partial charge in [0.1, 0.15) is 0 Å². The minimum absolute atomic E-state index is 0.155. The van der Waals surface area contributed by atoms with Gasteiger partial charge in [-0.1, -0.05) is 30.3 Å². The van der Waals surface area contributed by atoms with Gasteiger partial charge in [0.25, 0.3) is 0 Å². The topological polar surface area (TPSA) is 93.1 Å². The summed E-state index contributed by atoms with van der Waals surface area (Å²) in [6.07, 6.45) is -0.633. The Bertz CT molecular complexity index is 568. The molecule has 0 aromatic heterocycles. The Kier molecular flexibility index (Phi) is 5.96. The molecule has 0 aliphatic carbocycles. The van der Waals surface area contributed by atoms with Crippen molar-refractivity contribution in [3.63, 3.8) is 0 Å². The molecular formula is C18H24O6. The van der Waals surface area contributed by atoms with Crippen LogP contribution in [0.1, 0.15) is 38.7 Å². The SMILES string of the molecule is CC(C)(C(=O)O)[C@H]1C[C@H](OCc2ccccc2)C[C@H](CC(=O)O)O1. The summed E-state index contributed by atoms with van der Waals surface area (Å²) in [7, 11) is 0. The standard InChI is InChI=1S/C18H24O6/c1-18(2,17(21)22)15-9-13(8-14(24-15)10-16(19)20)23-11-12-6-4-3-5-7-12/h3-7,13-15H,8-11H2,1-2H3,(H,19,20)(H,21,22)/t13-,14-,15-/m1/s1. The lowest BCUT2D eigenvalue weighted by Gasteiger charge is -2.40. The van der Waals surface area contributed by atoms with E-state index < -0.39 is 29.6 Å². The van der Waals surface area contributed by atoms with Gasteiger partial charge in [0.05, 0.1) is 36.8 Å². The molecule has 0 bridgehead atoms. The number of carboxylic acid groups (broad SMARTS) is 2. The average molecular weight is 336 g/mol. The lowest BCUT2D eigenvalue weighted by Crippen LogP contribution is -2.48. The number of rotatable bonds is 7. The molecule has 1 fully saturated rings. The maximum atomic E-state index is 11.5. The zero-order chi connectivity index (χ0) is 17.7. The number of aliphatic carboxylic acids is 2. The Hall–Kier alpha value is -1.92. The highest BCUT2D eigenvalue weighted by molar-refractivity contribution is 5.74. The van der Waals surface area contributed by atoms with Gasteiger partial charge >= 0.3 is 11.9 Å². The average Bonchev–Trinajstić information content (AvgIpc) is 2.53.